The van der Waals surface area contributed by atoms with Crippen molar-refractivity contribution in [3.63, 3.8) is 0 Å². The van der Waals surface area contributed by atoms with Crippen LogP contribution in [-0.2, 0) is 12.3 Å². The number of nitrogens with one attached hydrogen (secondary N) is 1. The number of benzene rings is 3. The van der Waals surface area contributed by atoms with Gasteiger partial charge in [-0.05, 0) is 55.8 Å². The maximum absolute atomic E-state index is 12.7. The van der Waals surface area contributed by atoms with Gasteiger partial charge >= 0.3 is 0 Å². The summed E-state index contributed by atoms with van der Waals surface area (Å²) in [6.07, 6.45) is 0. The minimum Gasteiger partial charge on any atom is -0.494 e. The summed E-state index contributed by atoms with van der Waals surface area (Å²) in [4.78, 5) is 13.8. The summed E-state index contributed by atoms with van der Waals surface area (Å²) in [6.45, 7) is 5.01. The Balaban J connectivity index is 1.71. The lowest BCUT2D eigenvalue weighted by Crippen LogP contribution is -2.23. The van der Waals surface area contributed by atoms with Crippen molar-refractivity contribution in [2.75, 3.05) is 6.61 Å². The highest BCUT2D eigenvalue weighted by Gasteiger charge is 2.12. The van der Waals surface area contributed by atoms with Gasteiger partial charge in [0.15, 0.2) is 0 Å². The molecule has 0 fully saturated rings. The number of ether oxygens (including phenoxy) is 1. The quantitative estimate of drug-likeness (QED) is 0.432. The first-order valence-corrected chi connectivity index (χ1v) is 10.9. The molecule has 3 nitrogen and oxygen atoms in total. The van der Waals surface area contributed by atoms with Crippen molar-refractivity contribution in [3.05, 3.63) is 94.0 Å². The summed E-state index contributed by atoms with van der Waals surface area (Å²) in [5, 5.41) is 3.59. The fourth-order valence-corrected chi connectivity index (χ4v) is 3.92. The molecule has 0 aliphatic rings. The summed E-state index contributed by atoms with van der Waals surface area (Å²) >= 11 is 7.90. The number of hydrogen-bond acceptors (Lipinski definition) is 3. The normalized spacial score (nSPS) is 10.6. The molecule has 29 heavy (non-hydrogen) atoms. The van der Waals surface area contributed by atoms with Crippen LogP contribution in [0.2, 0.25) is 5.02 Å². The van der Waals surface area contributed by atoms with Gasteiger partial charge in [0.05, 0.1) is 6.61 Å². The highest BCUT2D eigenvalue weighted by Crippen LogP contribution is 2.29. The van der Waals surface area contributed by atoms with Gasteiger partial charge in [-0.3, -0.25) is 4.79 Å². The average Bonchev–Trinajstić information content (AvgIpc) is 2.73. The standard InChI is InChI=1S/C24H24ClNO2S/c1-3-28-23-13-10-18(24(27)26-15-19-6-4-5-7-22(19)25)14-20(23)16-29-21-11-8-17(2)9-12-21/h4-14H,3,15-16H2,1-2H3,(H,26,27). The van der Waals surface area contributed by atoms with E-state index in [2.05, 4.69) is 36.5 Å². The molecule has 0 saturated heterocycles. The third kappa shape index (κ3) is 6.02. The number of halogens is 1. The van der Waals surface area contributed by atoms with Crippen LogP contribution < -0.4 is 10.1 Å². The van der Waals surface area contributed by atoms with Crippen molar-refractivity contribution >= 4 is 29.3 Å². The van der Waals surface area contributed by atoms with E-state index in [4.69, 9.17) is 16.3 Å². The van der Waals surface area contributed by atoms with Crippen LogP contribution >= 0.6 is 23.4 Å². The third-order valence-electron chi connectivity index (χ3n) is 4.44. The van der Waals surface area contributed by atoms with E-state index in [-0.39, 0.29) is 5.91 Å². The highest BCUT2D eigenvalue weighted by molar-refractivity contribution is 7.98. The van der Waals surface area contributed by atoms with Gasteiger partial charge in [-0.1, -0.05) is 47.5 Å². The van der Waals surface area contributed by atoms with Gasteiger partial charge in [0, 0.05) is 33.3 Å². The fraction of sp³-hybridized carbons (Fsp3) is 0.208. The summed E-state index contributed by atoms with van der Waals surface area (Å²) in [6, 6.07) is 21.5. The Kier molecular flexibility index (Phi) is 7.62. The number of amides is 1. The Morgan fingerprint density at radius 1 is 1.03 bits per heavy atom. The molecule has 0 bridgehead atoms. The van der Waals surface area contributed by atoms with E-state index in [1.807, 2.05) is 43.3 Å². The highest BCUT2D eigenvalue weighted by atomic mass is 35.5. The van der Waals surface area contributed by atoms with Crippen LogP contribution in [0.1, 0.15) is 34.0 Å². The molecule has 1 N–H and O–H groups in total. The van der Waals surface area contributed by atoms with Crippen molar-refractivity contribution in [1.29, 1.82) is 0 Å². The van der Waals surface area contributed by atoms with Crippen molar-refractivity contribution in [3.8, 4) is 5.75 Å². The molecule has 0 radical (unpaired) electrons. The van der Waals surface area contributed by atoms with Crippen molar-refractivity contribution in [2.45, 2.75) is 31.0 Å². The van der Waals surface area contributed by atoms with Crippen LogP contribution in [-0.4, -0.2) is 12.5 Å². The molecule has 0 aliphatic carbocycles. The monoisotopic (exact) mass is 425 g/mol. The van der Waals surface area contributed by atoms with Crippen molar-refractivity contribution in [1.82, 2.24) is 5.32 Å². The minimum absolute atomic E-state index is 0.130. The van der Waals surface area contributed by atoms with Crippen molar-refractivity contribution < 1.29 is 9.53 Å². The third-order valence-corrected chi connectivity index (χ3v) is 5.86. The molecule has 0 spiro atoms. The number of thioether (sulfide) groups is 1. The lowest BCUT2D eigenvalue weighted by molar-refractivity contribution is 0.0951. The van der Waals surface area contributed by atoms with E-state index < -0.39 is 0 Å². The number of hydrogen-bond donors (Lipinski definition) is 1. The second-order valence-electron chi connectivity index (χ2n) is 6.63. The van der Waals surface area contributed by atoms with Crippen LogP contribution in [0.4, 0.5) is 0 Å². The van der Waals surface area contributed by atoms with Gasteiger partial charge in [0.1, 0.15) is 5.75 Å². The van der Waals surface area contributed by atoms with Crippen LogP contribution in [0.5, 0.6) is 5.75 Å². The molecule has 0 heterocycles. The molecule has 0 unspecified atom stereocenters. The van der Waals surface area contributed by atoms with Crippen molar-refractivity contribution in [2.24, 2.45) is 0 Å². The van der Waals surface area contributed by atoms with Gasteiger partial charge in [-0.15, -0.1) is 11.8 Å². The van der Waals surface area contributed by atoms with E-state index in [0.717, 1.165) is 22.6 Å². The lowest BCUT2D eigenvalue weighted by atomic mass is 10.1. The largest absolute Gasteiger partial charge is 0.494 e. The molecule has 150 valence electrons. The second-order valence-corrected chi connectivity index (χ2v) is 8.09. The first-order chi connectivity index (χ1) is 14.1. The van der Waals surface area contributed by atoms with E-state index >= 15 is 0 Å². The van der Waals surface area contributed by atoms with E-state index in [0.29, 0.717) is 23.7 Å². The first-order valence-electron chi connectivity index (χ1n) is 9.53. The van der Waals surface area contributed by atoms with Gasteiger partial charge < -0.3 is 10.1 Å². The number of carbonyl (C=O) groups excluding carboxylic acids is 1. The van der Waals surface area contributed by atoms with Crippen LogP contribution in [0, 0.1) is 6.92 Å². The van der Waals surface area contributed by atoms with E-state index in [1.165, 1.54) is 10.5 Å². The molecule has 5 heteroatoms. The molecular weight excluding hydrogens is 402 g/mol. The lowest BCUT2D eigenvalue weighted by Gasteiger charge is -2.13. The summed E-state index contributed by atoms with van der Waals surface area (Å²) in [5.74, 6) is 1.41. The summed E-state index contributed by atoms with van der Waals surface area (Å²) in [7, 11) is 0. The van der Waals surface area contributed by atoms with Crippen LogP contribution in [0.3, 0.4) is 0 Å². The zero-order valence-electron chi connectivity index (χ0n) is 16.6. The molecule has 1 amide bonds. The summed E-state index contributed by atoms with van der Waals surface area (Å²) < 4.78 is 5.76. The Morgan fingerprint density at radius 3 is 2.52 bits per heavy atom. The number of aryl methyl sites for hydroxylation is 1. The zero-order valence-corrected chi connectivity index (χ0v) is 18.1. The fourth-order valence-electron chi connectivity index (χ4n) is 2.84. The predicted octanol–water partition coefficient (Wildman–Crippen LogP) is 6.27. The van der Waals surface area contributed by atoms with E-state index in [9.17, 15) is 4.79 Å². The minimum atomic E-state index is -0.130. The topological polar surface area (TPSA) is 38.3 Å². The SMILES string of the molecule is CCOc1ccc(C(=O)NCc2ccccc2Cl)cc1CSc1ccc(C)cc1. The molecule has 0 saturated carbocycles. The molecule has 0 aromatic heterocycles. The molecule has 3 aromatic rings. The smallest absolute Gasteiger partial charge is 0.251 e. The summed E-state index contributed by atoms with van der Waals surface area (Å²) in [5.41, 5.74) is 3.74. The maximum Gasteiger partial charge on any atom is 0.251 e. The van der Waals surface area contributed by atoms with Crippen LogP contribution in [0.25, 0.3) is 0 Å². The zero-order chi connectivity index (χ0) is 20.6. The molecular formula is C24H24ClNO2S. The van der Waals surface area contributed by atoms with Crippen LogP contribution in [0.15, 0.2) is 71.6 Å². The molecule has 0 atom stereocenters. The average molecular weight is 426 g/mol. The van der Waals surface area contributed by atoms with Gasteiger partial charge in [0.2, 0.25) is 0 Å². The Hall–Kier alpha value is -2.43. The molecule has 3 aromatic carbocycles. The van der Waals surface area contributed by atoms with E-state index in [1.54, 1.807) is 17.8 Å². The second kappa shape index (κ2) is 10.4. The van der Waals surface area contributed by atoms with Gasteiger partial charge in [-0.25, -0.2) is 0 Å². The Bertz CT molecular complexity index is 973. The molecule has 0 aliphatic heterocycles. The Labute approximate surface area is 181 Å². The predicted molar refractivity (Wildman–Crippen MR) is 121 cm³/mol. The Morgan fingerprint density at radius 2 is 1.79 bits per heavy atom. The van der Waals surface area contributed by atoms with Gasteiger partial charge in [0.25, 0.3) is 5.91 Å². The maximum atomic E-state index is 12.7. The number of carbonyl (C=O) groups is 1. The number of rotatable bonds is 8. The molecule has 3 rings (SSSR count). The van der Waals surface area contributed by atoms with Gasteiger partial charge in [-0.2, -0.15) is 0 Å². The first kappa shape index (κ1) is 21.3.